The number of amides is 3. The van der Waals surface area contributed by atoms with Crippen LogP contribution in [0.5, 0.6) is 0 Å². The topological polar surface area (TPSA) is 114 Å². The van der Waals surface area contributed by atoms with Crippen molar-refractivity contribution in [1.82, 2.24) is 5.32 Å². The molecule has 0 radical (unpaired) electrons. The van der Waals surface area contributed by atoms with Crippen LogP contribution in [0.4, 0.5) is 10.7 Å². The first-order valence-electron chi connectivity index (χ1n) is 15.2. The van der Waals surface area contributed by atoms with Crippen molar-refractivity contribution in [3.63, 3.8) is 0 Å². The van der Waals surface area contributed by atoms with Crippen molar-refractivity contribution in [2.75, 3.05) is 23.0 Å². The van der Waals surface area contributed by atoms with E-state index in [-0.39, 0.29) is 24.0 Å². The first kappa shape index (κ1) is 35.3. The highest BCUT2D eigenvalue weighted by atomic mass is 79.9. The lowest BCUT2D eigenvalue weighted by molar-refractivity contribution is -0.114. The standard InChI is InChI=1S/C38H32BrN3O5S2/c1-3-47-38(46)34-31(26-17-15-24(2)16-18-26)22-49-37(34)42-33(43)23-48-30-14-8-13-29(21-30)40-36(45)32(20-25-9-7-12-28(39)19-25)41-35(44)27-10-5-4-6-11-27/h4-22H,3,23H2,1-2H3,(H,40,45)(H,41,44)(H,42,43)/b32-20+. The molecule has 11 heteroatoms. The Morgan fingerprint density at radius 1 is 0.878 bits per heavy atom. The summed E-state index contributed by atoms with van der Waals surface area (Å²) in [6.07, 6.45) is 1.60. The number of carbonyl (C=O) groups excluding carboxylic acids is 4. The zero-order valence-electron chi connectivity index (χ0n) is 26.6. The molecule has 0 atom stereocenters. The largest absolute Gasteiger partial charge is 0.462 e. The van der Waals surface area contributed by atoms with Crippen LogP contribution >= 0.6 is 39.0 Å². The fourth-order valence-electron chi connectivity index (χ4n) is 4.68. The summed E-state index contributed by atoms with van der Waals surface area (Å²) in [5.74, 6) is -1.68. The van der Waals surface area contributed by atoms with E-state index >= 15 is 0 Å². The fourth-order valence-corrected chi connectivity index (χ4v) is 6.83. The molecule has 5 aromatic rings. The van der Waals surface area contributed by atoms with Crippen molar-refractivity contribution in [3.8, 4) is 11.1 Å². The van der Waals surface area contributed by atoms with E-state index in [0.29, 0.717) is 32.9 Å². The first-order chi connectivity index (χ1) is 23.7. The lowest BCUT2D eigenvalue weighted by Crippen LogP contribution is -2.30. The summed E-state index contributed by atoms with van der Waals surface area (Å²) in [4.78, 5) is 53.2. The number of carbonyl (C=O) groups is 4. The van der Waals surface area contributed by atoms with Gasteiger partial charge in [0.15, 0.2) is 0 Å². The van der Waals surface area contributed by atoms with Gasteiger partial charge < -0.3 is 20.7 Å². The number of ether oxygens (including phenoxy) is 1. The molecule has 248 valence electrons. The molecule has 1 heterocycles. The van der Waals surface area contributed by atoms with Gasteiger partial charge in [-0.25, -0.2) is 4.79 Å². The first-order valence-corrected chi connectivity index (χ1v) is 17.9. The zero-order chi connectivity index (χ0) is 34.8. The summed E-state index contributed by atoms with van der Waals surface area (Å²) in [7, 11) is 0. The van der Waals surface area contributed by atoms with Gasteiger partial charge in [-0.1, -0.05) is 82.2 Å². The van der Waals surface area contributed by atoms with Crippen LogP contribution in [0.15, 0.2) is 124 Å². The maximum absolute atomic E-state index is 13.5. The van der Waals surface area contributed by atoms with Gasteiger partial charge in [-0.05, 0) is 73.5 Å². The van der Waals surface area contributed by atoms with Crippen LogP contribution in [0.1, 0.15) is 38.8 Å². The van der Waals surface area contributed by atoms with E-state index in [0.717, 1.165) is 20.5 Å². The molecule has 5 rings (SSSR count). The minimum absolute atomic E-state index is 0.0542. The number of anilines is 2. The highest BCUT2D eigenvalue weighted by Crippen LogP contribution is 2.36. The minimum Gasteiger partial charge on any atom is -0.462 e. The minimum atomic E-state index is -0.516. The Bertz CT molecular complexity index is 2010. The summed E-state index contributed by atoms with van der Waals surface area (Å²) in [5.41, 5.74) is 4.64. The van der Waals surface area contributed by atoms with Crippen LogP contribution in [0, 0.1) is 6.92 Å². The second kappa shape index (κ2) is 16.9. The fraction of sp³-hybridized carbons (Fsp3) is 0.105. The van der Waals surface area contributed by atoms with E-state index in [9.17, 15) is 19.2 Å². The number of thioether (sulfide) groups is 1. The molecule has 3 amide bonds. The number of halogens is 1. The summed E-state index contributed by atoms with van der Waals surface area (Å²) in [6, 6.07) is 30.9. The number of thiophene rings is 1. The van der Waals surface area contributed by atoms with Crippen LogP contribution in [0.2, 0.25) is 0 Å². The van der Waals surface area contributed by atoms with Crippen LogP contribution in [-0.2, 0) is 14.3 Å². The molecule has 3 N–H and O–H groups in total. The molecule has 49 heavy (non-hydrogen) atoms. The van der Waals surface area contributed by atoms with Crippen molar-refractivity contribution in [2.24, 2.45) is 0 Å². The lowest BCUT2D eigenvalue weighted by Gasteiger charge is -2.12. The third-order valence-corrected chi connectivity index (χ3v) is 9.42. The van der Waals surface area contributed by atoms with Crippen LogP contribution in [0.3, 0.4) is 0 Å². The number of hydrogen-bond donors (Lipinski definition) is 3. The van der Waals surface area contributed by atoms with Gasteiger partial charge in [-0.3, -0.25) is 14.4 Å². The monoisotopic (exact) mass is 753 g/mol. The van der Waals surface area contributed by atoms with Crippen LogP contribution in [0.25, 0.3) is 17.2 Å². The van der Waals surface area contributed by atoms with E-state index in [1.165, 1.54) is 23.1 Å². The van der Waals surface area contributed by atoms with E-state index in [4.69, 9.17) is 4.74 Å². The van der Waals surface area contributed by atoms with Crippen LogP contribution < -0.4 is 16.0 Å². The maximum Gasteiger partial charge on any atom is 0.341 e. The van der Waals surface area contributed by atoms with Gasteiger partial charge in [-0.15, -0.1) is 23.1 Å². The quantitative estimate of drug-likeness (QED) is 0.0667. The average molecular weight is 755 g/mol. The Morgan fingerprint density at radius 2 is 1.63 bits per heavy atom. The number of rotatable bonds is 12. The normalized spacial score (nSPS) is 11.0. The van der Waals surface area contributed by atoms with Gasteiger partial charge in [0.1, 0.15) is 16.3 Å². The van der Waals surface area contributed by atoms with Gasteiger partial charge >= 0.3 is 5.97 Å². The van der Waals surface area contributed by atoms with E-state index in [1.807, 2.05) is 73.0 Å². The van der Waals surface area contributed by atoms with Crippen molar-refractivity contribution >= 4 is 79.5 Å². The molecule has 0 saturated heterocycles. The van der Waals surface area contributed by atoms with E-state index in [2.05, 4.69) is 31.9 Å². The average Bonchev–Trinajstić information content (AvgIpc) is 3.51. The van der Waals surface area contributed by atoms with Crippen molar-refractivity contribution in [2.45, 2.75) is 18.7 Å². The van der Waals surface area contributed by atoms with Crippen LogP contribution in [-0.4, -0.2) is 36.1 Å². The molecule has 4 aromatic carbocycles. The Morgan fingerprint density at radius 3 is 2.37 bits per heavy atom. The molecule has 0 aliphatic carbocycles. The molecule has 8 nitrogen and oxygen atoms in total. The van der Waals surface area contributed by atoms with Crippen molar-refractivity contribution in [3.05, 3.63) is 141 Å². The predicted octanol–water partition coefficient (Wildman–Crippen LogP) is 8.80. The second-order valence-electron chi connectivity index (χ2n) is 10.7. The maximum atomic E-state index is 13.5. The number of hydrogen-bond acceptors (Lipinski definition) is 7. The van der Waals surface area contributed by atoms with E-state index < -0.39 is 17.8 Å². The Kier molecular flexibility index (Phi) is 12.2. The molecule has 0 unspecified atom stereocenters. The third kappa shape index (κ3) is 9.79. The summed E-state index contributed by atoms with van der Waals surface area (Å²) >= 11 is 5.98. The van der Waals surface area contributed by atoms with E-state index in [1.54, 1.807) is 55.5 Å². The Balaban J connectivity index is 1.27. The smallest absolute Gasteiger partial charge is 0.341 e. The molecular weight excluding hydrogens is 722 g/mol. The second-order valence-corrected chi connectivity index (χ2v) is 13.5. The van der Waals surface area contributed by atoms with Crippen molar-refractivity contribution < 1.29 is 23.9 Å². The Labute approximate surface area is 301 Å². The molecule has 0 spiro atoms. The molecule has 0 bridgehead atoms. The molecular formula is C38H32BrN3O5S2. The van der Waals surface area contributed by atoms with Gasteiger partial charge in [0.25, 0.3) is 11.8 Å². The van der Waals surface area contributed by atoms with Crippen molar-refractivity contribution in [1.29, 1.82) is 0 Å². The van der Waals surface area contributed by atoms with Gasteiger partial charge in [0.05, 0.1) is 12.4 Å². The highest BCUT2D eigenvalue weighted by Gasteiger charge is 2.23. The SMILES string of the molecule is CCOC(=O)c1c(-c2ccc(C)cc2)csc1NC(=O)CSc1cccc(NC(=O)/C(=C\c2cccc(Br)c2)NC(=O)c2ccccc2)c1. The highest BCUT2D eigenvalue weighted by molar-refractivity contribution is 9.10. The zero-order valence-corrected chi connectivity index (χ0v) is 29.8. The Hall–Kier alpha value is -4.97. The summed E-state index contributed by atoms with van der Waals surface area (Å²) in [5, 5.41) is 10.7. The number of nitrogens with one attached hydrogen (secondary N) is 3. The van der Waals surface area contributed by atoms with Gasteiger partial charge in [0, 0.05) is 31.6 Å². The third-order valence-electron chi connectivity index (χ3n) is 7.04. The summed E-state index contributed by atoms with van der Waals surface area (Å²) in [6.45, 7) is 3.93. The lowest BCUT2D eigenvalue weighted by atomic mass is 10.0. The number of aryl methyl sites for hydroxylation is 1. The molecule has 0 aliphatic heterocycles. The number of benzene rings is 4. The molecule has 0 aliphatic rings. The number of esters is 1. The molecule has 0 saturated carbocycles. The molecule has 0 fully saturated rings. The predicted molar refractivity (Wildman–Crippen MR) is 201 cm³/mol. The van der Waals surface area contributed by atoms with Gasteiger partial charge in [-0.2, -0.15) is 0 Å². The summed E-state index contributed by atoms with van der Waals surface area (Å²) < 4.78 is 6.14. The molecule has 1 aromatic heterocycles. The van der Waals surface area contributed by atoms with Gasteiger partial charge in [0.2, 0.25) is 5.91 Å².